The first-order chi connectivity index (χ1) is 3.56. The highest BCUT2D eigenvalue weighted by atomic mass is 16.5. The smallest absolute Gasteiger partial charge is 0.0940 e. The van der Waals surface area contributed by atoms with Gasteiger partial charge in [-0.15, -0.1) is 0 Å². The summed E-state index contributed by atoms with van der Waals surface area (Å²) in [6.07, 6.45) is 0. The van der Waals surface area contributed by atoms with Crippen molar-refractivity contribution in [3.8, 4) is 0 Å². The maximum Gasteiger partial charge on any atom is 0.0940 e. The average Bonchev–Trinajstić information content (AvgIpc) is 1.59. The van der Waals surface area contributed by atoms with Crippen LogP contribution in [0, 0.1) is 5.41 Å². The number of rotatable bonds is 2. The van der Waals surface area contributed by atoms with E-state index in [4.69, 9.17) is 10.5 Å². The van der Waals surface area contributed by atoms with Gasteiger partial charge < -0.3 is 10.5 Å². The normalized spacial score (nSPS) is 12.0. The molecule has 0 saturated carbocycles. The zero-order valence-corrected chi connectivity index (χ0v) is 5.90. The Morgan fingerprint density at radius 1 is 1.38 bits per heavy atom. The van der Waals surface area contributed by atoms with Gasteiger partial charge >= 0.3 is 0 Å². The molecule has 0 spiro atoms. The van der Waals surface area contributed by atoms with Crippen molar-refractivity contribution in [1.82, 2.24) is 0 Å². The molecule has 0 amide bonds. The fourth-order valence-corrected chi connectivity index (χ4v) is 0.365. The van der Waals surface area contributed by atoms with Crippen LogP contribution in [0.15, 0.2) is 0 Å². The zero-order valence-electron chi connectivity index (χ0n) is 5.90. The molecule has 0 aromatic carbocycles. The molecule has 8 heavy (non-hydrogen) atoms. The molecule has 0 bridgehead atoms. The van der Waals surface area contributed by atoms with E-state index in [1.807, 2.05) is 0 Å². The lowest BCUT2D eigenvalue weighted by atomic mass is 9.99. The van der Waals surface area contributed by atoms with Crippen LogP contribution in [0.1, 0.15) is 20.8 Å². The van der Waals surface area contributed by atoms with E-state index in [2.05, 4.69) is 20.8 Å². The molecule has 0 heterocycles. The fraction of sp³-hybridized carbons (Fsp3) is 1.00. The van der Waals surface area contributed by atoms with E-state index in [-0.39, 0.29) is 5.41 Å². The van der Waals surface area contributed by atoms with Gasteiger partial charge in [-0.3, -0.25) is 0 Å². The quantitative estimate of drug-likeness (QED) is 0.547. The number of nitrogens with two attached hydrogens (primary N) is 1. The summed E-state index contributed by atoms with van der Waals surface area (Å²) in [7, 11) is 0. The van der Waals surface area contributed by atoms with Crippen LogP contribution in [0.2, 0.25) is 0 Å². The standard InChI is InChI=1S/C6H15NO/c1-6(2,3)4-8-5-7/h4-5,7H2,1-3H3. The van der Waals surface area contributed by atoms with E-state index in [0.29, 0.717) is 6.73 Å². The highest BCUT2D eigenvalue weighted by Gasteiger charge is 2.08. The minimum atomic E-state index is 0.249. The first-order valence-corrected chi connectivity index (χ1v) is 2.84. The summed E-state index contributed by atoms with van der Waals surface area (Å²) in [5.41, 5.74) is 5.36. The molecular weight excluding hydrogens is 102 g/mol. The van der Waals surface area contributed by atoms with Gasteiger partial charge in [-0.25, -0.2) is 0 Å². The molecule has 0 aromatic rings. The summed E-state index contributed by atoms with van der Waals surface area (Å²) in [5.74, 6) is 0. The van der Waals surface area contributed by atoms with Crippen LogP contribution in [-0.2, 0) is 4.74 Å². The second-order valence-electron chi connectivity index (χ2n) is 3.08. The summed E-state index contributed by atoms with van der Waals surface area (Å²) in [4.78, 5) is 0. The molecule has 0 aliphatic heterocycles. The molecular formula is C6H15NO. The average molecular weight is 117 g/mol. The van der Waals surface area contributed by atoms with E-state index < -0.39 is 0 Å². The maximum atomic E-state index is 5.11. The molecule has 0 rings (SSSR count). The number of hydrogen-bond acceptors (Lipinski definition) is 2. The number of ether oxygens (including phenoxy) is 1. The van der Waals surface area contributed by atoms with E-state index in [1.165, 1.54) is 0 Å². The van der Waals surface area contributed by atoms with Crippen molar-refractivity contribution in [3.05, 3.63) is 0 Å². The molecule has 0 aromatic heterocycles. The lowest BCUT2D eigenvalue weighted by Crippen LogP contribution is -2.17. The van der Waals surface area contributed by atoms with Crippen molar-refractivity contribution in [1.29, 1.82) is 0 Å². The molecule has 0 unspecified atom stereocenters. The van der Waals surface area contributed by atoms with Gasteiger partial charge in [-0.2, -0.15) is 0 Å². The first kappa shape index (κ1) is 7.92. The van der Waals surface area contributed by atoms with Crippen molar-refractivity contribution in [2.45, 2.75) is 20.8 Å². The Kier molecular flexibility index (Phi) is 3.02. The van der Waals surface area contributed by atoms with Crippen molar-refractivity contribution in [2.75, 3.05) is 13.3 Å². The van der Waals surface area contributed by atoms with Crippen molar-refractivity contribution in [2.24, 2.45) is 11.1 Å². The van der Waals surface area contributed by atoms with Gasteiger partial charge in [-0.05, 0) is 5.41 Å². The van der Waals surface area contributed by atoms with Crippen LogP contribution in [-0.4, -0.2) is 13.3 Å². The Morgan fingerprint density at radius 3 is 2.00 bits per heavy atom. The second-order valence-corrected chi connectivity index (χ2v) is 3.08. The topological polar surface area (TPSA) is 35.2 Å². The second kappa shape index (κ2) is 3.05. The Morgan fingerprint density at radius 2 is 1.88 bits per heavy atom. The fourth-order valence-electron chi connectivity index (χ4n) is 0.365. The first-order valence-electron chi connectivity index (χ1n) is 2.84. The Bertz CT molecular complexity index is 56.0. The molecule has 50 valence electrons. The van der Waals surface area contributed by atoms with E-state index >= 15 is 0 Å². The predicted molar refractivity (Wildman–Crippen MR) is 34.5 cm³/mol. The summed E-state index contributed by atoms with van der Waals surface area (Å²) in [6.45, 7) is 7.41. The van der Waals surface area contributed by atoms with Gasteiger partial charge in [0.1, 0.15) is 0 Å². The molecule has 2 nitrogen and oxygen atoms in total. The third-order valence-electron chi connectivity index (χ3n) is 0.653. The summed E-state index contributed by atoms with van der Waals surface area (Å²) in [6, 6.07) is 0. The van der Waals surface area contributed by atoms with Gasteiger partial charge in [0.25, 0.3) is 0 Å². The maximum absolute atomic E-state index is 5.11. The van der Waals surface area contributed by atoms with E-state index in [9.17, 15) is 0 Å². The Hall–Kier alpha value is -0.0800. The molecule has 0 aliphatic rings. The van der Waals surface area contributed by atoms with Crippen LogP contribution < -0.4 is 5.73 Å². The van der Waals surface area contributed by atoms with Crippen molar-refractivity contribution in [3.63, 3.8) is 0 Å². The van der Waals surface area contributed by atoms with Crippen molar-refractivity contribution >= 4 is 0 Å². The third kappa shape index (κ3) is 5.92. The lowest BCUT2D eigenvalue weighted by Gasteiger charge is -2.16. The highest BCUT2D eigenvalue weighted by Crippen LogP contribution is 2.11. The number of hydrogen-bond donors (Lipinski definition) is 1. The largest absolute Gasteiger partial charge is 0.366 e. The van der Waals surface area contributed by atoms with Crippen LogP contribution in [0.4, 0.5) is 0 Å². The van der Waals surface area contributed by atoms with Gasteiger partial charge in [-0.1, -0.05) is 20.8 Å². The molecule has 2 N–H and O–H groups in total. The van der Waals surface area contributed by atoms with Crippen LogP contribution in [0.5, 0.6) is 0 Å². The van der Waals surface area contributed by atoms with Gasteiger partial charge in [0.2, 0.25) is 0 Å². The van der Waals surface area contributed by atoms with Crippen LogP contribution in [0.25, 0.3) is 0 Å². The SMILES string of the molecule is CC(C)(C)COCN. The predicted octanol–water partition coefficient (Wildman–Crippen LogP) is 0.965. The molecule has 2 heteroatoms. The monoisotopic (exact) mass is 117 g/mol. The summed E-state index contributed by atoms with van der Waals surface area (Å²) >= 11 is 0. The molecule has 0 fully saturated rings. The molecule has 0 atom stereocenters. The highest BCUT2D eigenvalue weighted by molar-refractivity contribution is 4.57. The van der Waals surface area contributed by atoms with E-state index in [0.717, 1.165) is 6.61 Å². The zero-order chi connectivity index (χ0) is 6.62. The Labute approximate surface area is 51.0 Å². The van der Waals surface area contributed by atoms with Crippen LogP contribution >= 0.6 is 0 Å². The molecule has 0 aliphatic carbocycles. The molecule has 0 radical (unpaired) electrons. The van der Waals surface area contributed by atoms with E-state index in [1.54, 1.807) is 0 Å². The third-order valence-corrected chi connectivity index (χ3v) is 0.653. The molecule has 0 saturated heterocycles. The van der Waals surface area contributed by atoms with Gasteiger partial charge in [0.15, 0.2) is 0 Å². The van der Waals surface area contributed by atoms with Crippen molar-refractivity contribution < 1.29 is 4.74 Å². The van der Waals surface area contributed by atoms with Gasteiger partial charge in [0, 0.05) is 0 Å². The minimum Gasteiger partial charge on any atom is -0.366 e. The summed E-state index contributed by atoms with van der Waals surface area (Å²) in [5, 5.41) is 0. The lowest BCUT2D eigenvalue weighted by molar-refractivity contribution is 0.0758. The minimum absolute atomic E-state index is 0.249. The summed E-state index contributed by atoms with van der Waals surface area (Å²) < 4.78 is 4.98. The van der Waals surface area contributed by atoms with Gasteiger partial charge in [0.05, 0.1) is 13.3 Å². The Balaban J connectivity index is 3.11. The van der Waals surface area contributed by atoms with Crippen LogP contribution in [0.3, 0.4) is 0 Å².